The average molecular weight is 422 g/mol. The highest BCUT2D eigenvalue weighted by atomic mass is 16.5. The molecule has 1 N–H and O–H groups in total. The van der Waals surface area contributed by atoms with Crippen molar-refractivity contribution in [3.63, 3.8) is 0 Å². The molecule has 0 spiro atoms. The van der Waals surface area contributed by atoms with E-state index < -0.39 is 0 Å². The molecule has 3 rings (SSSR count). The number of rotatable bonds is 11. The number of ether oxygens (including phenoxy) is 1. The Kier molecular flexibility index (Phi) is 8.10. The molecular formula is C26H35N3O2. The molecular weight excluding hydrogens is 386 g/mol. The highest BCUT2D eigenvalue weighted by Crippen LogP contribution is 2.20. The molecule has 5 nitrogen and oxygen atoms in total. The Morgan fingerprint density at radius 3 is 2.68 bits per heavy atom. The van der Waals surface area contributed by atoms with Crippen molar-refractivity contribution < 1.29 is 9.53 Å². The number of nitrogens with one attached hydrogen (secondary N) is 1. The van der Waals surface area contributed by atoms with E-state index in [0.29, 0.717) is 13.2 Å². The number of aromatic nitrogens is 2. The second-order valence-electron chi connectivity index (χ2n) is 8.19. The normalized spacial score (nSPS) is 11.3. The van der Waals surface area contributed by atoms with Crippen molar-refractivity contribution in [1.29, 1.82) is 0 Å². The fourth-order valence-corrected chi connectivity index (χ4v) is 3.93. The van der Waals surface area contributed by atoms with Crippen LogP contribution in [0.25, 0.3) is 11.0 Å². The standard InChI is InChI=1S/C26H35N3O2/c1-5-21(6-2)26(30)27-15-14-25-28-22-10-7-8-11-23(22)29(25)16-9-17-31-24-18-19(3)12-13-20(24)4/h7-8,10-13,18,21H,5-6,9,14-17H2,1-4H3,(H,27,30). The van der Waals surface area contributed by atoms with Gasteiger partial charge in [0.2, 0.25) is 5.91 Å². The third-order valence-electron chi connectivity index (χ3n) is 5.87. The third kappa shape index (κ3) is 5.87. The molecule has 0 aliphatic carbocycles. The number of amides is 1. The Bertz CT molecular complexity index is 1010. The van der Waals surface area contributed by atoms with Crippen LogP contribution in [-0.2, 0) is 17.8 Å². The maximum atomic E-state index is 12.3. The number of carbonyl (C=O) groups is 1. The van der Waals surface area contributed by atoms with Gasteiger partial charge < -0.3 is 14.6 Å². The van der Waals surface area contributed by atoms with Gasteiger partial charge in [0.05, 0.1) is 17.6 Å². The monoisotopic (exact) mass is 421 g/mol. The summed E-state index contributed by atoms with van der Waals surface area (Å²) in [5.74, 6) is 2.22. The quantitative estimate of drug-likeness (QED) is 0.432. The van der Waals surface area contributed by atoms with Gasteiger partial charge in [-0.05, 0) is 62.4 Å². The van der Waals surface area contributed by atoms with Crippen molar-refractivity contribution >= 4 is 16.9 Å². The van der Waals surface area contributed by atoms with Gasteiger partial charge in [-0.25, -0.2) is 4.98 Å². The van der Waals surface area contributed by atoms with Crippen LogP contribution in [0.3, 0.4) is 0 Å². The second kappa shape index (κ2) is 11.0. The molecule has 1 amide bonds. The maximum absolute atomic E-state index is 12.3. The minimum absolute atomic E-state index is 0.0982. The van der Waals surface area contributed by atoms with E-state index in [2.05, 4.69) is 61.8 Å². The lowest BCUT2D eigenvalue weighted by molar-refractivity contribution is -0.125. The van der Waals surface area contributed by atoms with E-state index in [1.165, 1.54) is 5.56 Å². The SMILES string of the molecule is CCC(CC)C(=O)NCCc1nc2ccccc2n1CCCOc1cc(C)ccc1C. The van der Waals surface area contributed by atoms with Crippen LogP contribution in [0.2, 0.25) is 0 Å². The molecule has 0 bridgehead atoms. The average Bonchev–Trinajstić information content (AvgIpc) is 3.12. The van der Waals surface area contributed by atoms with Crippen LogP contribution in [0.5, 0.6) is 5.75 Å². The lowest BCUT2D eigenvalue weighted by Crippen LogP contribution is -2.32. The molecule has 0 saturated carbocycles. The summed E-state index contributed by atoms with van der Waals surface area (Å²) >= 11 is 0. The van der Waals surface area contributed by atoms with Gasteiger partial charge >= 0.3 is 0 Å². The van der Waals surface area contributed by atoms with Crippen molar-refractivity contribution in [2.75, 3.05) is 13.2 Å². The van der Waals surface area contributed by atoms with E-state index in [9.17, 15) is 4.79 Å². The van der Waals surface area contributed by atoms with Crippen molar-refractivity contribution in [3.8, 4) is 5.75 Å². The molecule has 0 radical (unpaired) electrons. The second-order valence-corrected chi connectivity index (χ2v) is 8.19. The molecule has 1 aromatic heterocycles. The number of carbonyl (C=O) groups excluding carboxylic acids is 1. The van der Waals surface area contributed by atoms with Crippen molar-refractivity contribution in [2.24, 2.45) is 5.92 Å². The van der Waals surface area contributed by atoms with Gasteiger partial charge in [-0.15, -0.1) is 0 Å². The van der Waals surface area contributed by atoms with E-state index in [1.807, 2.05) is 18.2 Å². The van der Waals surface area contributed by atoms with Crippen LogP contribution >= 0.6 is 0 Å². The zero-order valence-corrected chi connectivity index (χ0v) is 19.3. The molecule has 0 atom stereocenters. The predicted molar refractivity (Wildman–Crippen MR) is 127 cm³/mol. The topological polar surface area (TPSA) is 56.2 Å². The summed E-state index contributed by atoms with van der Waals surface area (Å²) in [6.07, 6.45) is 3.36. The highest BCUT2D eigenvalue weighted by Gasteiger charge is 2.15. The van der Waals surface area contributed by atoms with Crippen LogP contribution in [0.4, 0.5) is 0 Å². The summed E-state index contributed by atoms with van der Waals surface area (Å²) < 4.78 is 8.31. The fourth-order valence-electron chi connectivity index (χ4n) is 3.93. The first-order valence-corrected chi connectivity index (χ1v) is 11.4. The van der Waals surface area contributed by atoms with Crippen LogP contribution in [0.1, 0.15) is 50.1 Å². The minimum atomic E-state index is 0.0982. The van der Waals surface area contributed by atoms with Crippen LogP contribution in [0.15, 0.2) is 42.5 Å². The van der Waals surface area contributed by atoms with Gasteiger partial charge in [-0.2, -0.15) is 0 Å². The van der Waals surface area contributed by atoms with E-state index in [1.54, 1.807) is 0 Å². The van der Waals surface area contributed by atoms with Crippen molar-refractivity contribution in [2.45, 2.75) is 59.9 Å². The Morgan fingerprint density at radius 2 is 1.90 bits per heavy atom. The number of fused-ring (bicyclic) bond motifs is 1. The van der Waals surface area contributed by atoms with Crippen LogP contribution in [0, 0.1) is 19.8 Å². The Labute approximate surface area is 185 Å². The summed E-state index contributed by atoms with van der Waals surface area (Å²) in [5, 5.41) is 3.09. The first-order valence-electron chi connectivity index (χ1n) is 11.4. The van der Waals surface area contributed by atoms with Gasteiger partial charge in [-0.1, -0.05) is 38.1 Å². The number of nitrogens with zero attached hydrogens (tertiary/aromatic N) is 2. The molecule has 5 heteroatoms. The van der Waals surface area contributed by atoms with Gasteiger partial charge in [0.15, 0.2) is 0 Å². The molecule has 0 unspecified atom stereocenters. The summed E-state index contributed by atoms with van der Waals surface area (Å²) in [5.41, 5.74) is 4.50. The molecule has 3 aromatic rings. The number of benzene rings is 2. The molecule has 2 aromatic carbocycles. The number of hydrogen-bond donors (Lipinski definition) is 1. The summed E-state index contributed by atoms with van der Waals surface area (Å²) in [6.45, 7) is 10.4. The lowest BCUT2D eigenvalue weighted by atomic mass is 10.0. The summed E-state index contributed by atoms with van der Waals surface area (Å²) in [7, 11) is 0. The minimum Gasteiger partial charge on any atom is -0.493 e. The molecule has 166 valence electrons. The van der Waals surface area contributed by atoms with Crippen LogP contribution < -0.4 is 10.1 Å². The first kappa shape index (κ1) is 22.9. The molecule has 31 heavy (non-hydrogen) atoms. The molecule has 0 aliphatic heterocycles. The largest absolute Gasteiger partial charge is 0.493 e. The van der Waals surface area contributed by atoms with Gasteiger partial charge in [-0.3, -0.25) is 4.79 Å². The summed E-state index contributed by atoms with van der Waals surface area (Å²) in [6, 6.07) is 14.5. The third-order valence-corrected chi connectivity index (χ3v) is 5.87. The van der Waals surface area contributed by atoms with Gasteiger partial charge in [0.25, 0.3) is 0 Å². The number of para-hydroxylation sites is 2. The Balaban J connectivity index is 1.62. The predicted octanol–water partition coefficient (Wildman–Crippen LogP) is 5.22. The van der Waals surface area contributed by atoms with Gasteiger partial charge in [0.1, 0.15) is 11.6 Å². The van der Waals surface area contributed by atoms with Crippen molar-refractivity contribution in [3.05, 3.63) is 59.4 Å². The maximum Gasteiger partial charge on any atom is 0.223 e. The van der Waals surface area contributed by atoms with E-state index in [-0.39, 0.29) is 11.8 Å². The number of imidazole rings is 1. The van der Waals surface area contributed by atoms with E-state index >= 15 is 0 Å². The van der Waals surface area contributed by atoms with Crippen molar-refractivity contribution in [1.82, 2.24) is 14.9 Å². The Morgan fingerprint density at radius 1 is 1.13 bits per heavy atom. The highest BCUT2D eigenvalue weighted by molar-refractivity contribution is 5.78. The number of hydrogen-bond acceptors (Lipinski definition) is 3. The molecule has 0 saturated heterocycles. The van der Waals surface area contributed by atoms with Crippen LogP contribution in [-0.4, -0.2) is 28.6 Å². The Hall–Kier alpha value is -2.82. The van der Waals surface area contributed by atoms with E-state index in [0.717, 1.165) is 60.4 Å². The smallest absolute Gasteiger partial charge is 0.223 e. The zero-order valence-electron chi connectivity index (χ0n) is 19.3. The first-order chi connectivity index (χ1) is 15.0. The number of aryl methyl sites for hydroxylation is 3. The fraction of sp³-hybridized carbons (Fsp3) is 0.462. The lowest BCUT2D eigenvalue weighted by Gasteiger charge is -2.14. The zero-order chi connectivity index (χ0) is 22.2. The van der Waals surface area contributed by atoms with E-state index in [4.69, 9.17) is 9.72 Å². The molecule has 0 aliphatic rings. The molecule has 1 heterocycles. The summed E-state index contributed by atoms with van der Waals surface area (Å²) in [4.78, 5) is 17.1. The van der Waals surface area contributed by atoms with Gasteiger partial charge in [0, 0.05) is 25.4 Å². The molecule has 0 fully saturated rings.